The van der Waals surface area contributed by atoms with E-state index in [0.29, 0.717) is 112 Å². The first-order chi connectivity index (χ1) is 50.4. The first-order valence-corrected chi connectivity index (χ1v) is 33.0. The Hall–Kier alpha value is -14.0. The van der Waals surface area contributed by atoms with Gasteiger partial charge in [-0.1, -0.05) is 77.7 Å². The molecule has 12 N–H and O–H groups in total. The van der Waals surface area contributed by atoms with Crippen molar-refractivity contribution >= 4 is 114 Å². The van der Waals surface area contributed by atoms with Crippen molar-refractivity contribution in [3.8, 4) is 93.2 Å². The van der Waals surface area contributed by atoms with Gasteiger partial charge in [-0.2, -0.15) is 0 Å². The van der Waals surface area contributed by atoms with Crippen LogP contribution in [0.2, 0.25) is 0 Å². The number of oxazole rings is 4. The largest absolute Gasteiger partial charge is 0.436 e. The van der Waals surface area contributed by atoms with E-state index >= 15 is 0 Å². The number of hydrogen-bond donors (Lipinski definition) is 12. The molecule has 0 saturated heterocycles. The van der Waals surface area contributed by atoms with Crippen molar-refractivity contribution < 1.29 is 57.3 Å². The maximum atomic E-state index is 13.6. The summed E-state index contributed by atoms with van der Waals surface area (Å²) in [5.74, 6) is 23.5. The number of nitrogens with zero attached hydrogens (tertiary/aromatic N) is 4. The molecule has 13 rings (SSSR count). The van der Waals surface area contributed by atoms with E-state index in [1.54, 1.807) is 213 Å². The molecule has 0 aliphatic heterocycles. The molecule has 13 aromatic rings. The first-order valence-electron chi connectivity index (χ1n) is 33.0. The molecule has 0 saturated carbocycles. The number of benzene rings is 9. The van der Waals surface area contributed by atoms with Crippen LogP contribution in [-0.4, -0.2) is 86.9 Å². The maximum Gasteiger partial charge on any atom is 0.323 e. The molecule has 4 heterocycles. The number of fused-ring (bicyclic) bond motifs is 4. The van der Waals surface area contributed by atoms with Crippen LogP contribution in [0, 0.1) is 47.4 Å². The summed E-state index contributed by atoms with van der Waals surface area (Å²) >= 11 is 0. The number of urea groups is 4. The van der Waals surface area contributed by atoms with Crippen LogP contribution in [-0.2, 0) is 0 Å². The third-order valence-electron chi connectivity index (χ3n) is 15.1. The Labute approximate surface area is 606 Å². The number of rotatable bonds is 12. The van der Waals surface area contributed by atoms with E-state index in [1.165, 1.54) is 0 Å². The van der Waals surface area contributed by atoms with Crippen molar-refractivity contribution in [2.45, 2.75) is 77.8 Å². The van der Waals surface area contributed by atoms with E-state index in [9.17, 15) is 39.6 Å². The number of anilines is 8. The number of aliphatic hydroxyl groups is 4. The number of carbonyl (C=O) groups excluding carboxylic acids is 4. The summed E-state index contributed by atoms with van der Waals surface area (Å²) in [4.78, 5) is 73.7. The summed E-state index contributed by atoms with van der Waals surface area (Å²) in [5.41, 5.74) is 5.34. The van der Waals surface area contributed by atoms with E-state index in [4.69, 9.17) is 37.6 Å². The van der Waals surface area contributed by atoms with Gasteiger partial charge >= 0.3 is 24.1 Å². The van der Waals surface area contributed by atoms with Gasteiger partial charge in [0.05, 0.1) is 0 Å². The molecule has 0 spiro atoms. The van der Waals surface area contributed by atoms with Crippen molar-refractivity contribution in [2.75, 3.05) is 42.5 Å². The highest BCUT2D eigenvalue weighted by Crippen LogP contribution is 2.37. The molecule has 0 aliphatic rings. The van der Waals surface area contributed by atoms with Crippen molar-refractivity contribution in [1.82, 2.24) is 19.9 Å². The summed E-state index contributed by atoms with van der Waals surface area (Å²) in [7, 11) is 0. The van der Waals surface area contributed by atoms with Gasteiger partial charge in [-0.05, 0) is 183 Å². The van der Waals surface area contributed by atoms with Crippen LogP contribution in [0.4, 0.5) is 64.7 Å². The predicted molar refractivity (Wildman–Crippen MR) is 407 cm³/mol. The molecular weight excluding hydrogens is 1340 g/mol. The molecule has 4 aromatic heterocycles. The average Bonchev–Trinajstić information content (AvgIpc) is 1.62. The van der Waals surface area contributed by atoms with E-state index in [0.717, 1.165) is 0 Å². The van der Waals surface area contributed by atoms with E-state index in [1.807, 2.05) is 24.3 Å². The lowest BCUT2D eigenvalue weighted by molar-refractivity contribution is 0.143. The van der Waals surface area contributed by atoms with Gasteiger partial charge in [0.15, 0.2) is 22.3 Å². The molecule has 0 bridgehead atoms. The Bertz CT molecular complexity index is 5270. The zero-order chi connectivity index (χ0) is 74.7. The topological polar surface area (TPSA) is 350 Å². The van der Waals surface area contributed by atoms with E-state index in [-0.39, 0.29) is 46.3 Å². The minimum absolute atomic E-state index is 0.139. The molecule has 526 valence electrons. The van der Waals surface area contributed by atoms with Gasteiger partial charge in [-0.15, -0.1) is 0 Å². The second-order valence-corrected chi connectivity index (χ2v) is 26.7. The summed E-state index contributed by atoms with van der Waals surface area (Å²) in [6.45, 7) is 12.6. The van der Waals surface area contributed by atoms with Gasteiger partial charge in [0, 0.05) is 114 Å². The van der Waals surface area contributed by atoms with Crippen molar-refractivity contribution in [2.24, 2.45) is 0 Å². The Morgan fingerprint density at radius 3 is 0.755 bits per heavy atom. The highest BCUT2D eigenvalue weighted by molar-refractivity contribution is 6.05. The fourth-order valence-electron chi connectivity index (χ4n) is 10.5. The van der Waals surface area contributed by atoms with Crippen molar-refractivity contribution in [3.63, 3.8) is 0 Å². The molecule has 24 nitrogen and oxygen atoms in total. The summed E-state index contributed by atoms with van der Waals surface area (Å²) in [5, 5.41) is 63.1. The molecule has 9 aromatic carbocycles. The summed E-state index contributed by atoms with van der Waals surface area (Å²) < 4.78 is 25.5. The second kappa shape index (κ2) is 28.8. The number of hydrogen-bond acceptors (Lipinski definition) is 16. The van der Waals surface area contributed by atoms with Crippen LogP contribution < -0.4 is 42.5 Å². The second-order valence-electron chi connectivity index (χ2n) is 26.7. The number of nitrogens with one attached hydrogen (secondary N) is 8. The molecule has 0 unspecified atom stereocenters. The normalized spacial score (nSPS) is 11.4. The molecule has 106 heavy (non-hydrogen) atoms. The SMILES string of the molecule is CC(C)(O)C#Cc1cccc(NC(=O)Nc2cc(NC(=O)Nc3cccc(C#CC(C)(C)O)c3)cc(-c3nc4cc5oc(-c6cccc(-c7nc8cc9oc(-c%10cc(NC(=O)Nc%11cccc(C#CC(C)(C)O)c%11)cc(NC(=O)Nc%11cccc(C#CC(C)(C)O)c%11)c%10)nc9cc8o7)c6)nc5cc4o3)c2)c1. The zero-order valence-corrected chi connectivity index (χ0v) is 58.2. The summed E-state index contributed by atoms with van der Waals surface area (Å²) in [6.07, 6.45) is 0. The quantitative estimate of drug-likeness (QED) is 0.0506. The van der Waals surface area contributed by atoms with Crippen LogP contribution in [0.15, 0.2) is 200 Å². The fraction of sp³-hybridized carbons (Fsp3) is 0.146. The van der Waals surface area contributed by atoms with Crippen LogP contribution in [0.1, 0.15) is 77.6 Å². The lowest BCUT2D eigenvalue weighted by Crippen LogP contribution is -2.21. The number of amides is 8. The average molecular weight is 1410 g/mol. The smallest absolute Gasteiger partial charge is 0.323 e. The van der Waals surface area contributed by atoms with E-state index in [2.05, 4.69) is 89.9 Å². The number of aromatic nitrogens is 4. The third kappa shape index (κ3) is 18.6. The van der Waals surface area contributed by atoms with Crippen molar-refractivity contribution in [3.05, 3.63) is 204 Å². The number of carbonyl (C=O) groups is 4. The van der Waals surface area contributed by atoms with Crippen LogP contribution in [0.25, 0.3) is 90.2 Å². The minimum Gasteiger partial charge on any atom is -0.436 e. The molecule has 0 fully saturated rings. The van der Waals surface area contributed by atoms with Gasteiger partial charge < -0.3 is 80.6 Å². The molecule has 0 atom stereocenters. The first kappa shape index (κ1) is 70.5. The highest BCUT2D eigenvalue weighted by Gasteiger charge is 2.22. The van der Waals surface area contributed by atoms with Gasteiger partial charge in [-0.3, -0.25) is 0 Å². The Morgan fingerprint density at radius 1 is 0.283 bits per heavy atom. The Morgan fingerprint density at radius 2 is 0.509 bits per heavy atom. The molecule has 0 aliphatic carbocycles. The molecule has 0 radical (unpaired) electrons. The third-order valence-corrected chi connectivity index (χ3v) is 15.1. The van der Waals surface area contributed by atoms with Gasteiger partial charge in [0.2, 0.25) is 23.6 Å². The fourth-order valence-corrected chi connectivity index (χ4v) is 10.5. The monoisotopic (exact) mass is 1410 g/mol. The predicted octanol–water partition coefficient (Wildman–Crippen LogP) is 16.0. The van der Waals surface area contributed by atoms with Gasteiger partial charge in [0.25, 0.3) is 0 Å². The van der Waals surface area contributed by atoms with Gasteiger partial charge in [0.1, 0.15) is 44.5 Å². The van der Waals surface area contributed by atoms with Crippen molar-refractivity contribution in [1.29, 1.82) is 0 Å². The van der Waals surface area contributed by atoms with Crippen LogP contribution in [0.3, 0.4) is 0 Å². The van der Waals surface area contributed by atoms with Gasteiger partial charge in [-0.25, -0.2) is 39.1 Å². The standard InChI is InChI=1S/C82H66N12O12/c1-79(2,99)28-24-47-14-9-20-55(32-47)83-75(95)87-59-37-53(38-60(41-59)88-76(96)84-56-21-10-15-48(33-56)25-29-80(3,4)100)73-93-65-45-67-63(43-69(65)105-73)91-71(103-67)51-18-13-19-52(36-51)72-92-64-44-70-66(46-68(64)104-72)94-74(106-70)54-39-61(89-77(97)85-57-22-11-16-49(34-57)26-30-81(5,6)101)42-62(40-54)90-78(98)86-58-23-12-17-50(35-58)27-31-82(7,8)102/h9-23,32-46,99-102H,1-8H3,(H2,83,87,95)(H2,84,88,96)(H2,85,89,97)(H2,86,90,98). The van der Waals surface area contributed by atoms with Crippen LogP contribution in [0.5, 0.6) is 0 Å². The molecular formula is C82H66N12O12. The lowest BCUT2D eigenvalue weighted by atomic mass is 10.1. The van der Waals surface area contributed by atoms with E-state index < -0.39 is 46.5 Å². The lowest BCUT2D eigenvalue weighted by Gasteiger charge is -2.13. The molecule has 24 heteroatoms. The van der Waals surface area contributed by atoms with Crippen LogP contribution >= 0.6 is 0 Å². The minimum atomic E-state index is -1.22. The molecule has 8 amide bonds. The zero-order valence-electron chi connectivity index (χ0n) is 58.2. The Balaban J connectivity index is 0.740. The Kier molecular flexibility index (Phi) is 19.1. The highest BCUT2D eigenvalue weighted by atomic mass is 16.4. The maximum absolute atomic E-state index is 13.6. The summed E-state index contributed by atoms with van der Waals surface area (Å²) in [6, 6.07) is 48.6.